The monoisotopic (exact) mass is 514 g/mol. The van der Waals surface area contributed by atoms with Crippen molar-refractivity contribution < 1.29 is 8.42 Å². The van der Waals surface area contributed by atoms with E-state index in [-0.39, 0.29) is 29.7 Å². The second-order valence-electron chi connectivity index (χ2n) is 6.27. The molecule has 0 saturated heterocycles. The van der Waals surface area contributed by atoms with Crippen molar-refractivity contribution in [1.82, 2.24) is 24.7 Å². The van der Waals surface area contributed by atoms with Gasteiger partial charge in [0.25, 0.3) is 0 Å². The molecule has 0 spiro atoms. The number of hydrogen-bond acceptors (Lipinski definition) is 4. The molecule has 10 heteroatoms. The number of nitrogens with zero attached hydrogens (tertiary/aromatic N) is 4. The fourth-order valence-corrected chi connectivity index (χ4v) is 3.37. The maximum atomic E-state index is 11.7. The Morgan fingerprint density at radius 1 is 1.26 bits per heavy atom. The number of aryl methyl sites for hydroxylation is 3. The largest absolute Gasteiger partial charge is 0.357 e. The zero-order chi connectivity index (χ0) is 19.6. The first-order valence-corrected chi connectivity index (χ1v) is 10.9. The molecule has 0 aromatic carbocycles. The van der Waals surface area contributed by atoms with Crippen LogP contribution in [0.15, 0.2) is 11.1 Å². The third kappa shape index (κ3) is 9.74. The smallest absolute Gasteiger partial charge is 0.213 e. The van der Waals surface area contributed by atoms with Crippen molar-refractivity contribution in [2.75, 3.05) is 39.0 Å². The van der Waals surface area contributed by atoms with Gasteiger partial charge in [0.05, 0.1) is 11.4 Å². The summed E-state index contributed by atoms with van der Waals surface area (Å²) < 4.78 is 26.8. The van der Waals surface area contributed by atoms with Gasteiger partial charge in [0.2, 0.25) is 10.0 Å². The fraction of sp³-hybridized carbons (Fsp3) is 0.765. The average Bonchev–Trinajstić information content (AvgIpc) is 2.92. The van der Waals surface area contributed by atoms with Crippen LogP contribution in [0.1, 0.15) is 38.1 Å². The van der Waals surface area contributed by atoms with Crippen LogP contribution in [0.4, 0.5) is 0 Å². The minimum atomic E-state index is -3.10. The zero-order valence-electron chi connectivity index (χ0n) is 17.2. The van der Waals surface area contributed by atoms with Crippen LogP contribution in [0.2, 0.25) is 0 Å². The van der Waals surface area contributed by atoms with E-state index in [0.29, 0.717) is 19.6 Å². The molecule has 0 amide bonds. The van der Waals surface area contributed by atoms with Gasteiger partial charge in [-0.05, 0) is 46.6 Å². The number of aliphatic imine (C=N–C) groups is 1. The Bertz CT molecular complexity index is 675. The number of aromatic nitrogens is 2. The van der Waals surface area contributed by atoms with E-state index in [0.717, 1.165) is 37.6 Å². The van der Waals surface area contributed by atoms with Gasteiger partial charge in [-0.1, -0.05) is 0 Å². The lowest BCUT2D eigenvalue weighted by molar-refractivity contribution is 0.461. The van der Waals surface area contributed by atoms with Gasteiger partial charge in [-0.2, -0.15) is 5.10 Å². The predicted octanol–water partition coefficient (Wildman–Crippen LogP) is 1.73. The molecule has 158 valence electrons. The second-order valence-corrected chi connectivity index (χ2v) is 8.63. The number of rotatable bonds is 11. The number of hydrogen-bond donors (Lipinski definition) is 2. The Balaban J connectivity index is 0.00000676. The number of halogens is 1. The Hall–Kier alpha value is -0.880. The standard InChI is InChI=1S/C17H34N6O2S.HI/c1-6-18-17(19-10-8-12-22(5)26(24,25)7-2)20-11-9-13-23-16(4)14-15(3)21-23;/h14H,6-13H2,1-5H3,(H2,18,19,20);1H. The third-order valence-electron chi connectivity index (χ3n) is 4.03. The SMILES string of the molecule is CCNC(=NCCCn1nc(C)cc1C)NCCCN(C)S(=O)(=O)CC.I. The highest BCUT2D eigenvalue weighted by molar-refractivity contribution is 14.0. The van der Waals surface area contributed by atoms with Gasteiger partial charge in [-0.25, -0.2) is 12.7 Å². The minimum absolute atomic E-state index is 0. The molecule has 0 saturated carbocycles. The van der Waals surface area contributed by atoms with E-state index in [4.69, 9.17) is 0 Å². The Kier molecular flexibility index (Phi) is 12.9. The number of guanidine groups is 1. The molecule has 0 aliphatic rings. The van der Waals surface area contributed by atoms with Crippen LogP contribution in [0.3, 0.4) is 0 Å². The van der Waals surface area contributed by atoms with Gasteiger partial charge in [0, 0.05) is 45.5 Å². The van der Waals surface area contributed by atoms with E-state index < -0.39 is 10.0 Å². The lowest BCUT2D eigenvalue weighted by atomic mass is 10.4. The highest BCUT2D eigenvalue weighted by atomic mass is 127. The Morgan fingerprint density at radius 3 is 2.52 bits per heavy atom. The molecule has 8 nitrogen and oxygen atoms in total. The molecule has 1 heterocycles. The summed E-state index contributed by atoms with van der Waals surface area (Å²) >= 11 is 0. The van der Waals surface area contributed by atoms with Gasteiger partial charge >= 0.3 is 0 Å². The van der Waals surface area contributed by atoms with Crippen LogP contribution in [-0.4, -0.2) is 67.4 Å². The molecule has 0 unspecified atom stereocenters. The predicted molar refractivity (Wildman–Crippen MR) is 122 cm³/mol. The van der Waals surface area contributed by atoms with Gasteiger partial charge < -0.3 is 10.6 Å². The molecule has 0 radical (unpaired) electrons. The third-order valence-corrected chi connectivity index (χ3v) is 5.89. The topological polar surface area (TPSA) is 91.6 Å². The summed E-state index contributed by atoms with van der Waals surface area (Å²) in [5, 5.41) is 10.9. The van der Waals surface area contributed by atoms with Crippen LogP contribution in [0.5, 0.6) is 0 Å². The van der Waals surface area contributed by atoms with E-state index in [1.807, 2.05) is 18.5 Å². The maximum Gasteiger partial charge on any atom is 0.213 e. The highest BCUT2D eigenvalue weighted by Crippen LogP contribution is 2.02. The molecule has 2 N–H and O–H groups in total. The van der Waals surface area contributed by atoms with Crippen LogP contribution in [0.25, 0.3) is 0 Å². The summed E-state index contributed by atoms with van der Waals surface area (Å²) in [6, 6.07) is 2.07. The highest BCUT2D eigenvalue weighted by Gasteiger charge is 2.13. The Labute approximate surface area is 181 Å². The average molecular weight is 514 g/mol. The molecule has 1 aromatic heterocycles. The van der Waals surface area contributed by atoms with E-state index in [2.05, 4.69) is 33.7 Å². The van der Waals surface area contributed by atoms with Gasteiger partial charge in [-0.15, -0.1) is 24.0 Å². The summed E-state index contributed by atoms with van der Waals surface area (Å²) in [6.07, 6.45) is 1.64. The lowest BCUT2D eigenvalue weighted by Gasteiger charge is -2.16. The molecule has 0 atom stereocenters. The molecule has 0 bridgehead atoms. The van der Waals surface area contributed by atoms with Crippen molar-refractivity contribution in [3.8, 4) is 0 Å². The van der Waals surface area contributed by atoms with Gasteiger partial charge in [0.1, 0.15) is 0 Å². The van der Waals surface area contributed by atoms with Crippen molar-refractivity contribution in [2.24, 2.45) is 4.99 Å². The second kappa shape index (κ2) is 13.3. The van der Waals surface area contributed by atoms with Gasteiger partial charge in [-0.3, -0.25) is 9.67 Å². The molecule has 0 fully saturated rings. The normalized spacial score (nSPS) is 12.1. The molecular weight excluding hydrogens is 479 g/mol. The van der Waals surface area contributed by atoms with E-state index in [9.17, 15) is 8.42 Å². The first-order chi connectivity index (χ1) is 12.3. The molecule has 1 aromatic rings. The minimum Gasteiger partial charge on any atom is -0.357 e. The van der Waals surface area contributed by atoms with E-state index in [1.165, 1.54) is 10.00 Å². The molecular formula is C17H35IN6O2S. The van der Waals surface area contributed by atoms with Crippen molar-refractivity contribution in [2.45, 2.75) is 47.1 Å². The molecule has 0 aliphatic carbocycles. The molecule has 27 heavy (non-hydrogen) atoms. The van der Waals surface area contributed by atoms with E-state index >= 15 is 0 Å². The summed E-state index contributed by atoms with van der Waals surface area (Å²) in [5.41, 5.74) is 2.21. The summed E-state index contributed by atoms with van der Waals surface area (Å²) in [6.45, 7) is 11.3. The first-order valence-electron chi connectivity index (χ1n) is 9.27. The number of sulfonamides is 1. The summed E-state index contributed by atoms with van der Waals surface area (Å²) in [4.78, 5) is 4.57. The lowest BCUT2D eigenvalue weighted by Crippen LogP contribution is -2.39. The zero-order valence-corrected chi connectivity index (χ0v) is 20.3. The fourth-order valence-electron chi connectivity index (χ4n) is 2.52. The summed E-state index contributed by atoms with van der Waals surface area (Å²) in [7, 11) is -1.48. The van der Waals surface area contributed by atoms with Crippen LogP contribution in [-0.2, 0) is 16.6 Å². The number of nitrogens with one attached hydrogen (secondary N) is 2. The van der Waals surface area contributed by atoms with Crippen molar-refractivity contribution >= 4 is 40.0 Å². The van der Waals surface area contributed by atoms with Crippen LogP contribution in [0, 0.1) is 13.8 Å². The van der Waals surface area contributed by atoms with Crippen LogP contribution < -0.4 is 10.6 Å². The van der Waals surface area contributed by atoms with Crippen LogP contribution >= 0.6 is 24.0 Å². The van der Waals surface area contributed by atoms with Crippen molar-refractivity contribution in [1.29, 1.82) is 0 Å². The van der Waals surface area contributed by atoms with Crippen molar-refractivity contribution in [3.05, 3.63) is 17.5 Å². The van der Waals surface area contributed by atoms with Crippen molar-refractivity contribution in [3.63, 3.8) is 0 Å². The first kappa shape index (κ1) is 26.1. The molecule has 1 rings (SSSR count). The van der Waals surface area contributed by atoms with E-state index in [1.54, 1.807) is 14.0 Å². The quantitative estimate of drug-likeness (QED) is 0.203. The summed E-state index contributed by atoms with van der Waals surface area (Å²) in [5.74, 6) is 0.901. The maximum absolute atomic E-state index is 11.7. The van der Waals surface area contributed by atoms with Gasteiger partial charge in [0.15, 0.2) is 5.96 Å². The molecule has 0 aliphatic heterocycles. The Morgan fingerprint density at radius 2 is 1.96 bits per heavy atom.